The van der Waals surface area contributed by atoms with E-state index in [-0.39, 0.29) is 51.4 Å². The molecule has 0 rings (SSSR count). The second-order valence-electron chi connectivity index (χ2n) is 0.596. The van der Waals surface area contributed by atoms with Crippen LogP contribution in [0, 0.1) is 0 Å². The Morgan fingerprint density at radius 2 is 1.71 bits per heavy atom. The van der Waals surface area contributed by atoms with E-state index in [2.05, 4.69) is 10.5 Å². The van der Waals surface area contributed by atoms with E-state index in [1.807, 2.05) is 0 Å². The predicted molar refractivity (Wildman–Crippen MR) is 24.5 cm³/mol. The second kappa shape index (κ2) is 4.57. The summed E-state index contributed by atoms with van der Waals surface area (Å²) < 4.78 is 12.5. The molecule has 0 radical (unpaired) electrons. The van der Waals surface area contributed by atoms with Crippen LogP contribution in [0.4, 0.5) is 0 Å². The Balaban J connectivity index is 0. The summed E-state index contributed by atoms with van der Waals surface area (Å²) >= 11 is 0. The van der Waals surface area contributed by atoms with Crippen molar-refractivity contribution in [2.75, 3.05) is 0 Å². The molecule has 0 saturated heterocycles. The first-order valence-electron chi connectivity index (χ1n) is 1.00. The molecule has 0 spiro atoms. The van der Waals surface area contributed by atoms with E-state index >= 15 is 0 Å². The van der Waals surface area contributed by atoms with Gasteiger partial charge in [-0.05, 0) is 0 Å². The maximum absolute atomic E-state index is 9.35. The van der Waals surface area contributed by atoms with Crippen molar-refractivity contribution in [1.29, 1.82) is 0 Å². The summed E-state index contributed by atoms with van der Waals surface area (Å²) in [6, 6.07) is 0. The average molecular weight is 153 g/mol. The first-order chi connectivity index (χ1) is 2.56. The molecule has 0 aliphatic rings. The van der Waals surface area contributed by atoms with Gasteiger partial charge in [0.05, 0.1) is 0 Å². The van der Waals surface area contributed by atoms with E-state index in [9.17, 15) is 4.57 Å². The number of hydrogen-bond donors (Lipinski definition) is 3. The minimum atomic E-state index is -4.37. The van der Waals surface area contributed by atoms with Gasteiger partial charge in [0, 0.05) is 0 Å². The minimum absolute atomic E-state index is 0. The molecule has 0 unspecified atom stereocenters. The van der Waals surface area contributed by atoms with Crippen LogP contribution in [0.2, 0.25) is 0 Å². The molecule has 0 atom stereocenters. The monoisotopic (exact) mass is 153 g/mol. The van der Waals surface area contributed by atoms with Gasteiger partial charge in [-0.3, -0.25) is 0 Å². The van der Waals surface area contributed by atoms with Gasteiger partial charge in [-0.25, -0.2) is 15.1 Å². The molecule has 40 valence electrons. The van der Waals surface area contributed by atoms with Crippen LogP contribution in [-0.2, 0) is 9.19 Å². The van der Waals surface area contributed by atoms with Crippen LogP contribution in [0.1, 0.15) is 0 Å². The van der Waals surface area contributed by atoms with E-state index in [1.54, 1.807) is 0 Å². The van der Waals surface area contributed by atoms with Crippen molar-refractivity contribution in [2.24, 2.45) is 5.90 Å². The van der Waals surface area contributed by atoms with Crippen molar-refractivity contribution in [3.05, 3.63) is 0 Å². The molecule has 0 aromatic rings. The van der Waals surface area contributed by atoms with Gasteiger partial charge in [0.1, 0.15) is 0 Å². The molecule has 0 aliphatic heterocycles. The maximum atomic E-state index is 9.35. The zero-order valence-electron chi connectivity index (χ0n) is 2.74. The second-order valence-corrected chi connectivity index (χ2v) is 1.79. The van der Waals surface area contributed by atoms with Crippen LogP contribution >= 0.6 is 7.82 Å². The predicted octanol–water partition coefficient (Wildman–Crippen LogP) is -1.68. The van der Waals surface area contributed by atoms with Gasteiger partial charge in [-0.2, -0.15) is 0 Å². The molecule has 0 aromatic heterocycles. The van der Waals surface area contributed by atoms with Gasteiger partial charge < -0.3 is 9.79 Å². The average Bonchev–Trinajstić information content (AvgIpc) is 1.35. The molecule has 0 aromatic carbocycles. The molecule has 0 bridgehead atoms. The normalized spacial score (nSPS) is 10.1. The fraction of sp³-hybridized carbons (Fsp3) is 0. The van der Waals surface area contributed by atoms with Gasteiger partial charge in [-0.15, -0.1) is 0 Å². The molecule has 0 saturated carbocycles. The molecule has 0 fully saturated rings. The van der Waals surface area contributed by atoms with Crippen molar-refractivity contribution < 1.29 is 19.0 Å². The third kappa shape index (κ3) is 11.3. The Hall–Kier alpha value is 1.71. The first kappa shape index (κ1) is 11.5. The van der Waals surface area contributed by atoms with Gasteiger partial charge >= 0.3 is 59.2 Å². The summed E-state index contributed by atoms with van der Waals surface area (Å²) in [6.45, 7) is 0. The van der Waals surface area contributed by atoms with E-state index in [0.717, 1.165) is 0 Å². The summed E-state index contributed by atoms with van der Waals surface area (Å²) in [5.74, 6) is 4.04. The quantitative estimate of drug-likeness (QED) is 0.238. The van der Waals surface area contributed by atoms with Gasteiger partial charge in [-0.1, -0.05) is 0 Å². The Bertz CT molecular complexity index is 75.8. The summed E-state index contributed by atoms with van der Waals surface area (Å²) in [5.41, 5.74) is 0. The first-order valence-corrected chi connectivity index (χ1v) is 2.53. The number of phosphoric acid groups is 1. The van der Waals surface area contributed by atoms with Crippen molar-refractivity contribution in [3.8, 4) is 0 Å². The summed E-state index contributed by atoms with van der Waals surface area (Å²) in [4.78, 5) is 15.2. The molecule has 0 aliphatic carbocycles. The molecular weight excluding hydrogens is 148 g/mol. The Labute approximate surface area is 82.8 Å². The van der Waals surface area contributed by atoms with Gasteiger partial charge in [0.15, 0.2) is 0 Å². The van der Waals surface area contributed by atoms with E-state index in [4.69, 9.17) is 9.79 Å². The van der Waals surface area contributed by atoms with Crippen molar-refractivity contribution in [3.63, 3.8) is 0 Å². The van der Waals surface area contributed by atoms with Crippen LogP contribution in [0.25, 0.3) is 0 Å². The number of hydrogen-bond acceptors (Lipinski definition) is 3. The number of rotatable bonds is 1. The van der Waals surface area contributed by atoms with Gasteiger partial charge in [0.2, 0.25) is 0 Å². The molecule has 7 heteroatoms. The fourth-order valence-electron chi connectivity index (χ4n) is 0. The van der Waals surface area contributed by atoms with Crippen LogP contribution in [0.3, 0.4) is 0 Å². The van der Waals surface area contributed by atoms with Crippen LogP contribution in [-0.4, -0.2) is 61.2 Å². The summed E-state index contributed by atoms with van der Waals surface area (Å²) in [6.07, 6.45) is 0. The molecule has 0 heterocycles. The van der Waals surface area contributed by atoms with Crippen molar-refractivity contribution in [2.45, 2.75) is 0 Å². The Morgan fingerprint density at radius 1 is 1.57 bits per heavy atom. The van der Waals surface area contributed by atoms with Crippen molar-refractivity contribution in [1.82, 2.24) is 0 Å². The standard InChI is InChI=1S/K.H4NO4P.H/c;1-5-6(2,3)4;/h;1H2,(H2,2,3,4);. The van der Waals surface area contributed by atoms with Crippen molar-refractivity contribution >= 4 is 59.2 Å². The van der Waals surface area contributed by atoms with E-state index < -0.39 is 7.82 Å². The fourth-order valence-corrected chi connectivity index (χ4v) is 0. The molecule has 7 heavy (non-hydrogen) atoms. The SMILES string of the molecule is NOP(=O)(O)O.[KH]. The zero-order chi connectivity index (χ0) is 5.21. The van der Waals surface area contributed by atoms with Crippen LogP contribution in [0.5, 0.6) is 0 Å². The molecular formula is H5KNO4P. The third-order valence-corrected chi connectivity index (χ3v) is 0.412. The molecule has 5 nitrogen and oxygen atoms in total. The summed E-state index contributed by atoms with van der Waals surface area (Å²) in [7, 11) is -4.37. The number of nitrogens with two attached hydrogens (primary N) is 1. The van der Waals surface area contributed by atoms with Crippen LogP contribution in [0.15, 0.2) is 0 Å². The Kier molecular flexibility index (Phi) is 7.51. The van der Waals surface area contributed by atoms with Gasteiger partial charge in [0.25, 0.3) is 0 Å². The van der Waals surface area contributed by atoms with E-state index in [1.165, 1.54) is 0 Å². The van der Waals surface area contributed by atoms with Crippen LogP contribution < -0.4 is 5.90 Å². The topological polar surface area (TPSA) is 92.8 Å². The zero-order valence-corrected chi connectivity index (χ0v) is 3.63. The molecule has 0 amide bonds. The third-order valence-electron chi connectivity index (χ3n) is 0.137. The molecule has 4 N–H and O–H groups in total. The Morgan fingerprint density at radius 3 is 1.71 bits per heavy atom. The summed E-state index contributed by atoms with van der Waals surface area (Å²) in [5, 5.41) is 0. The van der Waals surface area contributed by atoms with E-state index in [0.29, 0.717) is 0 Å².